The Balaban J connectivity index is 1.45. The van der Waals surface area contributed by atoms with E-state index in [1.54, 1.807) is 0 Å². The molecule has 1 atom stereocenters. The minimum atomic E-state index is -0.428. The van der Waals surface area contributed by atoms with Gasteiger partial charge in [-0.05, 0) is 44.7 Å². The number of benzene rings is 1. The lowest BCUT2D eigenvalue weighted by molar-refractivity contribution is -0.122. The number of hydrogen-bond donors (Lipinski definition) is 3. The predicted octanol–water partition coefficient (Wildman–Crippen LogP) is 1.70. The van der Waals surface area contributed by atoms with Crippen LogP contribution in [0.5, 0.6) is 0 Å². The van der Waals surface area contributed by atoms with E-state index in [1.165, 1.54) is 0 Å². The number of hydrogen-bond acceptors (Lipinski definition) is 3. The first-order chi connectivity index (χ1) is 12.1. The maximum absolute atomic E-state index is 12.0. The number of nitrogens with zero attached hydrogens (tertiary/aromatic N) is 2. The Kier molecular flexibility index (Phi) is 5.53. The molecule has 1 saturated heterocycles. The number of rotatable bonds is 5. The zero-order chi connectivity index (χ0) is 17.6. The predicted molar refractivity (Wildman–Crippen MR) is 96.3 cm³/mol. The van der Waals surface area contributed by atoms with Gasteiger partial charge in [-0.2, -0.15) is 0 Å². The zero-order valence-corrected chi connectivity index (χ0v) is 14.5. The molecule has 7 nitrogen and oxygen atoms in total. The third kappa shape index (κ3) is 4.29. The van der Waals surface area contributed by atoms with E-state index in [0.717, 1.165) is 42.7 Å². The number of imidazole rings is 1. The second-order valence-electron chi connectivity index (χ2n) is 6.39. The van der Waals surface area contributed by atoms with Crippen LogP contribution in [0.1, 0.15) is 31.5 Å². The number of urea groups is 1. The van der Waals surface area contributed by atoms with Crippen LogP contribution in [0.3, 0.4) is 0 Å². The van der Waals surface area contributed by atoms with Gasteiger partial charge in [-0.1, -0.05) is 12.1 Å². The van der Waals surface area contributed by atoms with Crippen molar-refractivity contribution in [2.24, 2.45) is 0 Å². The average molecular weight is 343 g/mol. The lowest BCUT2D eigenvalue weighted by Gasteiger charge is -2.16. The van der Waals surface area contributed by atoms with Crippen molar-refractivity contribution in [3.63, 3.8) is 0 Å². The first kappa shape index (κ1) is 17.3. The fraction of sp³-hybridized carbons (Fsp3) is 0.500. The molecule has 1 aromatic heterocycles. The van der Waals surface area contributed by atoms with Crippen LogP contribution < -0.4 is 16.0 Å². The summed E-state index contributed by atoms with van der Waals surface area (Å²) in [6.45, 7) is 4.02. The highest BCUT2D eigenvalue weighted by molar-refractivity contribution is 5.87. The fourth-order valence-corrected chi connectivity index (χ4v) is 3.20. The Hall–Kier alpha value is -2.57. The summed E-state index contributed by atoms with van der Waals surface area (Å²) in [6.07, 6.45) is 3.39. The van der Waals surface area contributed by atoms with Crippen molar-refractivity contribution >= 4 is 23.0 Å². The van der Waals surface area contributed by atoms with Crippen molar-refractivity contribution in [3.05, 3.63) is 30.1 Å². The highest BCUT2D eigenvalue weighted by atomic mass is 16.2. The third-order valence-corrected chi connectivity index (χ3v) is 4.53. The summed E-state index contributed by atoms with van der Waals surface area (Å²) in [5.41, 5.74) is 2.10. The standard InChI is InChI=1S/C18H25N5O2/c1-13-21-14-7-2-3-9-16(14)23(13)12-6-11-20-18(25)22-15-8-4-5-10-19-17(15)24/h2-3,7,9,15H,4-6,8,10-12H2,1H3,(H,19,24)(H2,20,22,25)/t15-/m1/s1. The molecule has 0 bridgehead atoms. The van der Waals surface area contributed by atoms with Gasteiger partial charge in [-0.15, -0.1) is 0 Å². The molecule has 7 heteroatoms. The number of fused-ring (bicyclic) bond motifs is 1. The average Bonchev–Trinajstić information content (AvgIpc) is 2.78. The molecule has 2 heterocycles. The molecule has 3 amide bonds. The van der Waals surface area contributed by atoms with Gasteiger partial charge in [0.1, 0.15) is 11.9 Å². The molecular weight excluding hydrogens is 318 g/mol. The molecule has 0 saturated carbocycles. The minimum Gasteiger partial charge on any atom is -0.354 e. The Morgan fingerprint density at radius 3 is 3.08 bits per heavy atom. The van der Waals surface area contributed by atoms with Crippen molar-refractivity contribution < 1.29 is 9.59 Å². The van der Waals surface area contributed by atoms with Crippen LogP contribution in [0.15, 0.2) is 24.3 Å². The molecule has 1 aliphatic heterocycles. The second kappa shape index (κ2) is 8.00. The number of nitrogens with one attached hydrogen (secondary N) is 3. The Bertz CT molecular complexity index is 755. The minimum absolute atomic E-state index is 0.0897. The van der Waals surface area contributed by atoms with Crippen molar-refractivity contribution in [2.45, 2.75) is 45.2 Å². The summed E-state index contributed by atoms with van der Waals surface area (Å²) in [4.78, 5) is 28.4. The van der Waals surface area contributed by atoms with Crippen LogP contribution in [0.4, 0.5) is 4.79 Å². The van der Waals surface area contributed by atoms with Crippen LogP contribution >= 0.6 is 0 Å². The van der Waals surface area contributed by atoms with Crippen LogP contribution in [0.2, 0.25) is 0 Å². The van der Waals surface area contributed by atoms with Crippen molar-refractivity contribution in [1.82, 2.24) is 25.5 Å². The van der Waals surface area contributed by atoms with Gasteiger partial charge in [0.05, 0.1) is 11.0 Å². The fourth-order valence-electron chi connectivity index (χ4n) is 3.20. The van der Waals surface area contributed by atoms with E-state index in [9.17, 15) is 9.59 Å². The number of amides is 3. The highest BCUT2D eigenvalue weighted by Crippen LogP contribution is 2.15. The summed E-state index contributed by atoms with van der Waals surface area (Å²) >= 11 is 0. The molecule has 3 N–H and O–H groups in total. The highest BCUT2D eigenvalue weighted by Gasteiger charge is 2.21. The van der Waals surface area contributed by atoms with Gasteiger partial charge in [-0.25, -0.2) is 9.78 Å². The van der Waals surface area contributed by atoms with Crippen LogP contribution in [0, 0.1) is 6.92 Å². The molecule has 0 radical (unpaired) electrons. The molecule has 0 spiro atoms. The normalized spacial score (nSPS) is 17.8. The van der Waals surface area contributed by atoms with Crippen molar-refractivity contribution in [2.75, 3.05) is 13.1 Å². The van der Waals surface area contributed by atoms with E-state index in [4.69, 9.17) is 0 Å². The van der Waals surface area contributed by atoms with E-state index in [1.807, 2.05) is 25.1 Å². The van der Waals surface area contributed by atoms with E-state index >= 15 is 0 Å². The molecule has 0 unspecified atom stereocenters. The van der Waals surface area contributed by atoms with Gasteiger partial charge in [0.25, 0.3) is 0 Å². The lowest BCUT2D eigenvalue weighted by Crippen LogP contribution is -2.49. The summed E-state index contributed by atoms with van der Waals surface area (Å²) in [5, 5.41) is 8.42. The van der Waals surface area contributed by atoms with Crippen molar-refractivity contribution in [1.29, 1.82) is 0 Å². The first-order valence-corrected chi connectivity index (χ1v) is 8.89. The molecular formula is C18H25N5O2. The Labute approximate surface area is 147 Å². The van der Waals surface area contributed by atoms with E-state index in [0.29, 0.717) is 19.5 Å². The molecule has 1 aromatic carbocycles. The van der Waals surface area contributed by atoms with Gasteiger partial charge in [0.2, 0.25) is 5.91 Å². The SMILES string of the molecule is Cc1nc2ccccc2n1CCCNC(=O)N[C@@H]1CCCCNC1=O. The third-order valence-electron chi connectivity index (χ3n) is 4.53. The van der Waals surface area contributed by atoms with Gasteiger partial charge >= 0.3 is 6.03 Å². The molecule has 3 rings (SSSR count). The van der Waals surface area contributed by atoms with Crippen LogP contribution in [-0.4, -0.2) is 40.6 Å². The maximum atomic E-state index is 12.0. The largest absolute Gasteiger partial charge is 0.354 e. The topological polar surface area (TPSA) is 88.1 Å². The molecule has 1 aliphatic rings. The van der Waals surface area contributed by atoms with Gasteiger partial charge in [-0.3, -0.25) is 4.79 Å². The molecule has 2 aromatic rings. The quantitative estimate of drug-likeness (QED) is 0.722. The van der Waals surface area contributed by atoms with Gasteiger partial charge < -0.3 is 20.5 Å². The lowest BCUT2D eigenvalue weighted by atomic mass is 10.1. The van der Waals surface area contributed by atoms with Crippen molar-refractivity contribution in [3.8, 4) is 0 Å². The Morgan fingerprint density at radius 2 is 2.20 bits per heavy atom. The number of para-hydroxylation sites is 2. The van der Waals surface area contributed by atoms with Gasteiger partial charge in [0, 0.05) is 19.6 Å². The molecule has 134 valence electrons. The monoisotopic (exact) mass is 343 g/mol. The zero-order valence-electron chi connectivity index (χ0n) is 14.5. The van der Waals surface area contributed by atoms with E-state index in [-0.39, 0.29) is 11.9 Å². The number of carbonyl (C=O) groups excluding carboxylic acids is 2. The van der Waals surface area contributed by atoms with E-state index < -0.39 is 6.04 Å². The maximum Gasteiger partial charge on any atom is 0.315 e. The van der Waals surface area contributed by atoms with Crippen LogP contribution in [0.25, 0.3) is 11.0 Å². The molecule has 0 aliphatic carbocycles. The molecule has 25 heavy (non-hydrogen) atoms. The summed E-state index contributed by atoms with van der Waals surface area (Å²) in [7, 11) is 0. The number of carbonyl (C=O) groups is 2. The summed E-state index contributed by atoms with van der Waals surface area (Å²) in [5.74, 6) is 0.883. The first-order valence-electron chi connectivity index (χ1n) is 8.89. The van der Waals surface area contributed by atoms with Gasteiger partial charge in [0.15, 0.2) is 0 Å². The smallest absolute Gasteiger partial charge is 0.315 e. The second-order valence-corrected chi connectivity index (χ2v) is 6.39. The summed E-state index contributed by atoms with van der Waals surface area (Å²) < 4.78 is 2.16. The number of aryl methyl sites for hydroxylation is 2. The number of aromatic nitrogens is 2. The summed E-state index contributed by atoms with van der Waals surface area (Å²) in [6, 6.07) is 7.33. The van der Waals surface area contributed by atoms with Crippen LogP contribution in [-0.2, 0) is 11.3 Å². The Morgan fingerprint density at radius 1 is 1.36 bits per heavy atom. The van der Waals surface area contributed by atoms with E-state index in [2.05, 4.69) is 31.6 Å². The molecule has 1 fully saturated rings.